The number of hydrogen-bond donors (Lipinski definition) is 1. The van der Waals surface area contributed by atoms with E-state index in [0.29, 0.717) is 19.4 Å². The molecule has 1 N–H and O–H groups in total. The van der Waals surface area contributed by atoms with Crippen molar-refractivity contribution in [2.24, 2.45) is 0 Å². The molecule has 2 aliphatic rings. The molecule has 23 heavy (non-hydrogen) atoms. The van der Waals surface area contributed by atoms with Crippen LogP contribution in [0.25, 0.3) is 0 Å². The van der Waals surface area contributed by atoms with Gasteiger partial charge in [-0.25, -0.2) is 0 Å². The zero-order valence-corrected chi connectivity index (χ0v) is 12.5. The molecule has 2 heterocycles. The maximum atomic E-state index is 13.1. The maximum absolute atomic E-state index is 13.1. The van der Waals surface area contributed by atoms with Crippen LogP contribution in [0.1, 0.15) is 35.2 Å². The third-order valence-electron chi connectivity index (χ3n) is 4.62. The first-order valence-corrected chi connectivity index (χ1v) is 7.61. The molecule has 7 heteroatoms. The Balaban J connectivity index is 1.87. The quantitative estimate of drug-likeness (QED) is 0.861. The number of likely N-dealkylation sites (tertiary alicyclic amines) is 1. The van der Waals surface area contributed by atoms with Crippen LogP contribution in [0.5, 0.6) is 0 Å². The van der Waals surface area contributed by atoms with Crippen molar-refractivity contribution in [1.82, 2.24) is 4.90 Å². The maximum Gasteiger partial charge on any atom is 0.417 e. The number of amides is 1. The average Bonchev–Trinajstić information content (AvgIpc) is 2.98. The molecule has 0 aliphatic carbocycles. The van der Waals surface area contributed by atoms with Crippen molar-refractivity contribution in [3.8, 4) is 0 Å². The second kappa shape index (κ2) is 5.79. The smallest absolute Gasteiger partial charge is 0.390 e. The van der Waals surface area contributed by atoms with Crippen molar-refractivity contribution in [3.63, 3.8) is 0 Å². The van der Waals surface area contributed by atoms with Gasteiger partial charge in [0.25, 0.3) is 5.91 Å². The van der Waals surface area contributed by atoms with Gasteiger partial charge in [0.2, 0.25) is 0 Å². The molecule has 2 aliphatic heterocycles. The van der Waals surface area contributed by atoms with Crippen LogP contribution in [-0.4, -0.2) is 47.3 Å². The number of aliphatic hydroxyl groups is 1. The zero-order valence-electron chi connectivity index (χ0n) is 12.5. The van der Waals surface area contributed by atoms with E-state index in [9.17, 15) is 23.1 Å². The number of benzene rings is 1. The van der Waals surface area contributed by atoms with Gasteiger partial charge < -0.3 is 14.7 Å². The van der Waals surface area contributed by atoms with Crippen molar-refractivity contribution in [3.05, 3.63) is 35.4 Å². The molecular formula is C16H18F3NO3. The topological polar surface area (TPSA) is 49.8 Å². The molecule has 0 bridgehead atoms. The van der Waals surface area contributed by atoms with E-state index in [0.717, 1.165) is 12.5 Å². The summed E-state index contributed by atoms with van der Waals surface area (Å²) in [6.07, 6.45) is -3.58. The Morgan fingerprint density at radius 1 is 1.35 bits per heavy atom. The van der Waals surface area contributed by atoms with Crippen molar-refractivity contribution >= 4 is 5.91 Å². The van der Waals surface area contributed by atoms with Gasteiger partial charge in [-0.2, -0.15) is 13.2 Å². The molecule has 1 aromatic rings. The molecule has 1 amide bonds. The molecule has 126 valence electrons. The number of piperidine rings is 1. The van der Waals surface area contributed by atoms with E-state index in [4.69, 9.17) is 4.74 Å². The van der Waals surface area contributed by atoms with Gasteiger partial charge in [0.1, 0.15) is 5.60 Å². The third-order valence-corrected chi connectivity index (χ3v) is 4.62. The monoisotopic (exact) mass is 329 g/mol. The predicted octanol–water partition coefficient (Wildman–Crippen LogP) is 2.46. The van der Waals surface area contributed by atoms with Crippen molar-refractivity contribution in [1.29, 1.82) is 0 Å². The SMILES string of the molecule is O=C(c1ccccc1C(F)(F)F)N1CC[C@H](O)[C@]2(CCCO2)C1. The fraction of sp³-hybridized carbons (Fsp3) is 0.562. The number of alkyl halides is 3. The minimum atomic E-state index is -4.58. The number of halogens is 3. The largest absolute Gasteiger partial charge is 0.417 e. The Kier molecular flexibility index (Phi) is 4.10. The lowest BCUT2D eigenvalue weighted by molar-refractivity contribution is -0.138. The van der Waals surface area contributed by atoms with Crippen molar-refractivity contribution in [2.45, 2.75) is 37.1 Å². The molecule has 2 atom stereocenters. The Hall–Kier alpha value is -1.60. The molecule has 0 saturated carbocycles. The Labute approximate surface area is 131 Å². The van der Waals surface area contributed by atoms with E-state index < -0.39 is 29.4 Å². The summed E-state index contributed by atoms with van der Waals surface area (Å²) in [5, 5.41) is 10.2. The van der Waals surface area contributed by atoms with Crippen LogP contribution >= 0.6 is 0 Å². The highest BCUT2D eigenvalue weighted by atomic mass is 19.4. The molecular weight excluding hydrogens is 311 g/mol. The van der Waals surface area contributed by atoms with Crippen LogP contribution in [0.2, 0.25) is 0 Å². The van der Waals surface area contributed by atoms with Crippen LogP contribution in [-0.2, 0) is 10.9 Å². The van der Waals surface area contributed by atoms with E-state index in [1.165, 1.54) is 23.1 Å². The standard InChI is InChI=1S/C16H18F3NO3/c17-16(18,19)12-5-2-1-4-11(12)14(22)20-8-6-13(21)15(10-20)7-3-9-23-15/h1-2,4-5,13,21H,3,6-10H2/t13-,15-/m0/s1. The summed E-state index contributed by atoms with van der Waals surface area (Å²) >= 11 is 0. The molecule has 0 unspecified atom stereocenters. The molecule has 1 spiro atoms. The van der Waals surface area contributed by atoms with Gasteiger partial charge in [-0.3, -0.25) is 4.79 Å². The molecule has 0 aromatic heterocycles. The minimum absolute atomic E-state index is 0.124. The molecule has 4 nitrogen and oxygen atoms in total. The number of carbonyl (C=O) groups excluding carboxylic acids is 1. The Morgan fingerprint density at radius 3 is 2.74 bits per heavy atom. The van der Waals surface area contributed by atoms with Crippen LogP contribution in [0.3, 0.4) is 0 Å². The fourth-order valence-electron chi connectivity index (χ4n) is 3.42. The minimum Gasteiger partial charge on any atom is -0.390 e. The highest BCUT2D eigenvalue weighted by Crippen LogP contribution is 2.37. The summed E-state index contributed by atoms with van der Waals surface area (Å²) in [7, 11) is 0. The van der Waals surface area contributed by atoms with Gasteiger partial charge in [-0.05, 0) is 31.4 Å². The number of rotatable bonds is 1. The molecule has 1 aromatic carbocycles. The lowest BCUT2D eigenvalue weighted by atomic mass is 9.86. The Bertz CT molecular complexity index is 596. The van der Waals surface area contributed by atoms with Crippen molar-refractivity contribution in [2.75, 3.05) is 19.7 Å². The highest BCUT2D eigenvalue weighted by molar-refractivity contribution is 5.96. The fourth-order valence-corrected chi connectivity index (χ4v) is 3.42. The highest BCUT2D eigenvalue weighted by Gasteiger charge is 2.48. The second-order valence-corrected chi connectivity index (χ2v) is 6.09. The predicted molar refractivity (Wildman–Crippen MR) is 75.9 cm³/mol. The number of ether oxygens (including phenoxy) is 1. The van der Waals surface area contributed by atoms with Gasteiger partial charge in [0, 0.05) is 13.2 Å². The molecule has 2 saturated heterocycles. The first-order valence-electron chi connectivity index (χ1n) is 7.61. The molecule has 0 radical (unpaired) electrons. The van der Waals surface area contributed by atoms with Crippen LogP contribution in [0.15, 0.2) is 24.3 Å². The lowest BCUT2D eigenvalue weighted by Gasteiger charge is -2.43. The van der Waals surface area contributed by atoms with Gasteiger partial charge in [0.05, 0.1) is 23.8 Å². The summed E-state index contributed by atoms with van der Waals surface area (Å²) in [4.78, 5) is 14.0. The van der Waals surface area contributed by atoms with Crippen LogP contribution < -0.4 is 0 Å². The van der Waals surface area contributed by atoms with Gasteiger partial charge in [-0.15, -0.1) is 0 Å². The second-order valence-electron chi connectivity index (χ2n) is 6.09. The first-order chi connectivity index (χ1) is 10.8. The summed E-state index contributed by atoms with van der Waals surface area (Å²) in [6, 6.07) is 4.79. The van der Waals surface area contributed by atoms with Gasteiger partial charge >= 0.3 is 6.18 Å². The summed E-state index contributed by atoms with van der Waals surface area (Å²) in [6.45, 7) is 0.842. The first kappa shape index (κ1) is 16.3. The molecule has 2 fully saturated rings. The van der Waals surface area contributed by atoms with Crippen LogP contribution in [0, 0.1) is 0 Å². The zero-order chi connectivity index (χ0) is 16.7. The van der Waals surface area contributed by atoms with Crippen LogP contribution in [0.4, 0.5) is 13.2 Å². The van der Waals surface area contributed by atoms with E-state index in [1.807, 2.05) is 0 Å². The number of nitrogens with zero attached hydrogens (tertiary/aromatic N) is 1. The number of hydrogen-bond acceptors (Lipinski definition) is 3. The Morgan fingerprint density at radius 2 is 2.09 bits per heavy atom. The lowest BCUT2D eigenvalue weighted by Crippen LogP contribution is -2.58. The van der Waals surface area contributed by atoms with E-state index in [-0.39, 0.29) is 18.7 Å². The summed E-state index contributed by atoms with van der Waals surface area (Å²) in [5.41, 5.74) is -2.12. The van der Waals surface area contributed by atoms with E-state index in [2.05, 4.69) is 0 Å². The summed E-state index contributed by atoms with van der Waals surface area (Å²) in [5.74, 6) is -0.667. The molecule has 3 rings (SSSR count). The van der Waals surface area contributed by atoms with Gasteiger partial charge in [-0.1, -0.05) is 12.1 Å². The van der Waals surface area contributed by atoms with E-state index in [1.54, 1.807) is 0 Å². The van der Waals surface area contributed by atoms with E-state index >= 15 is 0 Å². The number of aliphatic hydroxyl groups excluding tert-OH is 1. The normalized spacial score (nSPS) is 28.3. The average molecular weight is 329 g/mol. The number of carbonyl (C=O) groups is 1. The van der Waals surface area contributed by atoms with Crippen molar-refractivity contribution < 1.29 is 27.8 Å². The summed E-state index contributed by atoms with van der Waals surface area (Å²) < 4.78 is 44.9. The third kappa shape index (κ3) is 2.95. The van der Waals surface area contributed by atoms with Gasteiger partial charge in [0.15, 0.2) is 0 Å².